The van der Waals surface area contributed by atoms with E-state index < -0.39 is 23.5 Å². The van der Waals surface area contributed by atoms with Gasteiger partial charge in [0, 0.05) is 12.6 Å². The Hall–Kier alpha value is -2.84. The molecule has 0 spiro atoms. The minimum absolute atomic E-state index is 0.0411. The van der Waals surface area contributed by atoms with Gasteiger partial charge in [0.25, 0.3) is 11.6 Å². The van der Waals surface area contributed by atoms with Crippen LogP contribution in [0.25, 0.3) is 0 Å². The van der Waals surface area contributed by atoms with Crippen LogP contribution in [-0.4, -0.2) is 37.1 Å². The van der Waals surface area contributed by atoms with Gasteiger partial charge in [-0.05, 0) is 12.0 Å². The zero-order valence-electron chi connectivity index (χ0n) is 13.1. The van der Waals surface area contributed by atoms with Gasteiger partial charge in [0.1, 0.15) is 0 Å². The summed E-state index contributed by atoms with van der Waals surface area (Å²) in [6.07, 6.45) is 0. The van der Waals surface area contributed by atoms with E-state index in [9.17, 15) is 19.7 Å². The number of methoxy groups -OCH3 is 1. The summed E-state index contributed by atoms with van der Waals surface area (Å²) in [6, 6.07) is 3.13. The van der Waals surface area contributed by atoms with Gasteiger partial charge in [-0.1, -0.05) is 13.8 Å². The van der Waals surface area contributed by atoms with E-state index in [0.29, 0.717) is 6.54 Å². The Kier molecular flexibility index (Phi) is 6.78. The maximum absolute atomic E-state index is 11.6. The van der Waals surface area contributed by atoms with Crippen molar-refractivity contribution in [2.24, 2.45) is 5.92 Å². The van der Waals surface area contributed by atoms with Crippen LogP contribution in [0.15, 0.2) is 18.2 Å². The third kappa shape index (κ3) is 6.20. The quantitative estimate of drug-likeness (QED) is 0.578. The number of non-ortho nitro benzene ring substituents is 1. The molecule has 0 saturated heterocycles. The lowest BCUT2D eigenvalue weighted by molar-refractivity contribution is -0.385. The topological polar surface area (TPSA) is 120 Å². The zero-order valence-corrected chi connectivity index (χ0v) is 13.1. The summed E-state index contributed by atoms with van der Waals surface area (Å²) < 4.78 is 10.2. The van der Waals surface area contributed by atoms with E-state index in [-0.39, 0.29) is 23.1 Å². The number of nitro benzene ring substituents is 1. The highest BCUT2D eigenvalue weighted by Crippen LogP contribution is 2.30. The molecule has 0 fully saturated rings. The number of imide groups is 1. The molecule has 1 aromatic carbocycles. The van der Waals surface area contributed by atoms with Crippen molar-refractivity contribution in [1.29, 1.82) is 0 Å². The Bertz CT molecular complexity index is 588. The second-order valence-electron chi connectivity index (χ2n) is 5.03. The normalized spacial score (nSPS) is 10.1. The van der Waals surface area contributed by atoms with E-state index in [4.69, 9.17) is 9.47 Å². The maximum atomic E-state index is 11.6. The highest BCUT2D eigenvalue weighted by Gasteiger charge is 2.15. The molecule has 0 atom stereocenters. The van der Waals surface area contributed by atoms with Crippen LogP contribution in [0, 0.1) is 16.0 Å². The molecule has 1 aromatic rings. The zero-order chi connectivity index (χ0) is 17.4. The molecule has 0 heterocycles. The first-order valence-electron chi connectivity index (χ1n) is 6.86. The Balaban J connectivity index is 2.59. The molecule has 3 amide bonds. The lowest BCUT2D eigenvalue weighted by Crippen LogP contribution is -2.42. The van der Waals surface area contributed by atoms with Crippen molar-refractivity contribution in [1.82, 2.24) is 10.6 Å². The summed E-state index contributed by atoms with van der Waals surface area (Å²) in [7, 11) is 1.37. The number of carbonyl (C=O) groups is 2. The molecule has 0 saturated carbocycles. The van der Waals surface area contributed by atoms with Crippen LogP contribution in [0.2, 0.25) is 0 Å². The van der Waals surface area contributed by atoms with Gasteiger partial charge in [-0.15, -0.1) is 0 Å². The van der Waals surface area contributed by atoms with Crippen molar-refractivity contribution in [2.75, 3.05) is 20.3 Å². The number of urea groups is 1. The fraction of sp³-hybridized carbons (Fsp3) is 0.429. The smallest absolute Gasteiger partial charge is 0.321 e. The second kappa shape index (κ2) is 8.57. The number of nitro groups is 1. The predicted octanol–water partition coefficient (Wildman–Crippen LogP) is 1.46. The predicted molar refractivity (Wildman–Crippen MR) is 81.5 cm³/mol. The molecule has 9 heteroatoms. The molecule has 0 aliphatic carbocycles. The van der Waals surface area contributed by atoms with Crippen LogP contribution in [0.4, 0.5) is 10.5 Å². The lowest BCUT2D eigenvalue weighted by Gasteiger charge is -2.11. The second-order valence-corrected chi connectivity index (χ2v) is 5.03. The molecule has 0 unspecified atom stereocenters. The number of rotatable bonds is 7. The summed E-state index contributed by atoms with van der Waals surface area (Å²) in [4.78, 5) is 33.2. The minimum atomic E-state index is -0.681. The van der Waals surface area contributed by atoms with Gasteiger partial charge >= 0.3 is 6.03 Å². The summed E-state index contributed by atoms with van der Waals surface area (Å²) in [5.41, 5.74) is -0.198. The highest BCUT2D eigenvalue weighted by molar-refractivity contribution is 5.95. The molecule has 0 aliphatic heterocycles. The minimum Gasteiger partial charge on any atom is -0.493 e. The van der Waals surface area contributed by atoms with E-state index in [0.717, 1.165) is 6.07 Å². The molecular formula is C14H19N3O6. The maximum Gasteiger partial charge on any atom is 0.321 e. The van der Waals surface area contributed by atoms with E-state index >= 15 is 0 Å². The Morgan fingerprint density at radius 1 is 1.30 bits per heavy atom. The summed E-state index contributed by atoms with van der Waals surface area (Å²) >= 11 is 0. The van der Waals surface area contributed by atoms with Gasteiger partial charge in [0.2, 0.25) is 0 Å². The molecule has 2 N–H and O–H groups in total. The van der Waals surface area contributed by atoms with Crippen LogP contribution in [0.3, 0.4) is 0 Å². The molecule has 0 aromatic heterocycles. The fourth-order valence-corrected chi connectivity index (χ4v) is 1.54. The number of benzene rings is 1. The molecule has 9 nitrogen and oxygen atoms in total. The van der Waals surface area contributed by atoms with Crippen LogP contribution < -0.4 is 20.1 Å². The van der Waals surface area contributed by atoms with Gasteiger partial charge in [0.05, 0.1) is 18.1 Å². The average Bonchev–Trinajstić information content (AvgIpc) is 2.50. The third-order valence-electron chi connectivity index (χ3n) is 2.64. The highest BCUT2D eigenvalue weighted by atomic mass is 16.6. The molecule has 126 valence electrons. The molecular weight excluding hydrogens is 306 g/mol. The summed E-state index contributed by atoms with van der Waals surface area (Å²) in [6.45, 7) is 3.78. The molecule has 0 aliphatic rings. The van der Waals surface area contributed by atoms with Gasteiger partial charge in [0.15, 0.2) is 18.1 Å². The van der Waals surface area contributed by atoms with Crippen molar-refractivity contribution in [2.45, 2.75) is 13.8 Å². The number of nitrogens with zero attached hydrogens (tertiary/aromatic N) is 1. The van der Waals surface area contributed by atoms with Crippen molar-refractivity contribution in [3.63, 3.8) is 0 Å². The van der Waals surface area contributed by atoms with Crippen LogP contribution in [-0.2, 0) is 4.79 Å². The summed E-state index contributed by atoms with van der Waals surface area (Å²) in [5, 5.41) is 15.3. The number of nitrogens with one attached hydrogen (secondary N) is 2. The number of carbonyl (C=O) groups excluding carboxylic acids is 2. The first kappa shape index (κ1) is 18.2. The largest absolute Gasteiger partial charge is 0.493 e. The number of hydrogen-bond donors (Lipinski definition) is 2. The van der Waals surface area contributed by atoms with Gasteiger partial charge in [-0.25, -0.2) is 4.79 Å². The Morgan fingerprint density at radius 2 is 2.00 bits per heavy atom. The van der Waals surface area contributed by atoms with Crippen molar-refractivity contribution in [3.05, 3.63) is 28.3 Å². The van der Waals surface area contributed by atoms with Crippen molar-refractivity contribution >= 4 is 17.6 Å². The van der Waals surface area contributed by atoms with Crippen LogP contribution >= 0.6 is 0 Å². The van der Waals surface area contributed by atoms with E-state index in [1.54, 1.807) is 0 Å². The number of ether oxygens (including phenoxy) is 2. The lowest BCUT2D eigenvalue weighted by atomic mass is 10.2. The molecule has 0 radical (unpaired) electrons. The van der Waals surface area contributed by atoms with Gasteiger partial charge in [-0.2, -0.15) is 0 Å². The number of hydrogen-bond acceptors (Lipinski definition) is 6. The molecule has 0 bridgehead atoms. The van der Waals surface area contributed by atoms with Gasteiger partial charge in [-0.3, -0.25) is 20.2 Å². The Labute approximate surface area is 133 Å². The van der Waals surface area contributed by atoms with Crippen molar-refractivity contribution in [3.8, 4) is 11.5 Å². The monoisotopic (exact) mass is 325 g/mol. The van der Waals surface area contributed by atoms with E-state index in [1.807, 2.05) is 13.8 Å². The van der Waals surface area contributed by atoms with E-state index in [1.165, 1.54) is 19.2 Å². The Morgan fingerprint density at radius 3 is 2.57 bits per heavy atom. The standard InChI is InChI=1S/C14H19N3O6/c1-9(2)7-15-14(19)16-13(18)8-23-12-6-10(17(20)21)4-5-11(12)22-3/h4-6,9H,7-8H2,1-3H3,(H2,15,16,18,19). The van der Waals surface area contributed by atoms with Crippen LogP contribution in [0.1, 0.15) is 13.8 Å². The fourth-order valence-electron chi connectivity index (χ4n) is 1.54. The van der Waals surface area contributed by atoms with Crippen molar-refractivity contribution < 1.29 is 24.0 Å². The first-order valence-corrected chi connectivity index (χ1v) is 6.86. The molecule has 1 rings (SSSR count). The SMILES string of the molecule is COc1ccc([N+](=O)[O-])cc1OCC(=O)NC(=O)NCC(C)C. The third-order valence-corrected chi connectivity index (χ3v) is 2.64. The summed E-state index contributed by atoms with van der Waals surface area (Å²) in [5.74, 6) is -0.145. The average molecular weight is 325 g/mol. The van der Waals surface area contributed by atoms with E-state index in [2.05, 4.69) is 10.6 Å². The number of amides is 3. The van der Waals surface area contributed by atoms with Crippen LogP contribution in [0.5, 0.6) is 11.5 Å². The van der Waals surface area contributed by atoms with Gasteiger partial charge < -0.3 is 14.8 Å². The first-order chi connectivity index (χ1) is 10.8. The molecule has 23 heavy (non-hydrogen) atoms.